The van der Waals surface area contributed by atoms with Gasteiger partial charge in [-0.1, -0.05) is 11.6 Å². The Kier molecular flexibility index (Phi) is 3.20. The molecule has 0 saturated carbocycles. The van der Waals surface area contributed by atoms with E-state index in [9.17, 15) is 4.39 Å². The van der Waals surface area contributed by atoms with Crippen LogP contribution in [0.5, 0.6) is 0 Å². The molecule has 1 aromatic heterocycles. The summed E-state index contributed by atoms with van der Waals surface area (Å²) in [6, 6.07) is 2.72. The molecule has 0 amide bonds. The number of oxazole rings is 1. The number of hydrogen-bond acceptors (Lipinski definition) is 4. The fraction of sp³-hybridized carbons (Fsp3) is 0.417. The number of aromatic nitrogens is 1. The first kappa shape index (κ1) is 11.9. The van der Waals surface area contributed by atoms with Crippen LogP contribution >= 0.6 is 11.6 Å². The summed E-state index contributed by atoms with van der Waals surface area (Å²) in [5.74, 6) is 0.131. The molecule has 0 radical (unpaired) electrons. The molecule has 1 aromatic carbocycles. The second kappa shape index (κ2) is 4.84. The fourth-order valence-electron chi connectivity index (χ4n) is 2.05. The molecule has 1 aliphatic heterocycles. The Labute approximate surface area is 108 Å². The second-order valence-corrected chi connectivity index (χ2v) is 4.68. The predicted molar refractivity (Wildman–Crippen MR) is 65.3 cm³/mol. The van der Waals surface area contributed by atoms with E-state index >= 15 is 0 Å². The molecule has 1 saturated heterocycles. The zero-order valence-corrected chi connectivity index (χ0v) is 10.3. The van der Waals surface area contributed by atoms with Crippen molar-refractivity contribution in [1.82, 2.24) is 10.3 Å². The van der Waals surface area contributed by atoms with Gasteiger partial charge >= 0.3 is 0 Å². The number of nitrogens with zero attached hydrogens (tertiary/aromatic N) is 1. The zero-order valence-electron chi connectivity index (χ0n) is 9.58. The highest BCUT2D eigenvalue weighted by molar-refractivity contribution is 6.34. The Morgan fingerprint density at radius 1 is 1.50 bits per heavy atom. The summed E-state index contributed by atoms with van der Waals surface area (Å²) in [6.07, 6.45) is 0.604. The Hall–Kier alpha value is -1.17. The minimum Gasteiger partial charge on any atom is -0.439 e. The van der Waals surface area contributed by atoms with Crippen LogP contribution in [0.15, 0.2) is 16.5 Å². The van der Waals surface area contributed by atoms with Crippen LogP contribution in [0, 0.1) is 5.82 Å². The van der Waals surface area contributed by atoms with Gasteiger partial charge in [0.25, 0.3) is 0 Å². The topological polar surface area (TPSA) is 47.3 Å². The quantitative estimate of drug-likeness (QED) is 0.908. The molecule has 0 bridgehead atoms. The lowest BCUT2D eigenvalue weighted by molar-refractivity contribution is 0.0751. The molecule has 0 aliphatic carbocycles. The van der Waals surface area contributed by atoms with E-state index in [2.05, 4.69) is 10.3 Å². The highest BCUT2D eigenvalue weighted by atomic mass is 35.5. The number of halogens is 2. The van der Waals surface area contributed by atoms with Gasteiger partial charge in [0, 0.05) is 25.1 Å². The smallest absolute Gasteiger partial charge is 0.197 e. The Morgan fingerprint density at radius 3 is 3.17 bits per heavy atom. The molecule has 2 heterocycles. The first-order valence-corrected chi connectivity index (χ1v) is 6.16. The number of hydrogen-bond donors (Lipinski definition) is 1. The van der Waals surface area contributed by atoms with Crippen molar-refractivity contribution < 1.29 is 13.5 Å². The third-order valence-corrected chi connectivity index (χ3v) is 3.15. The van der Waals surface area contributed by atoms with Crippen molar-refractivity contribution in [1.29, 1.82) is 0 Å². The summed E-state index contributed by atoms with van der Waals surface area (Å²) in [5.41, 5.74) is 0.886. The molecule has 1 fully saturated rings. The van der Waals surface area contributed by atoms with Crippen LogP contribution < -0.4 is 5.32 Å². The molecule has 1 atom stereocenters. The van der Waals surface area contributed by atoms with E-state index in [1.807, 2.05) is 0 Å². The number of fused-ring (bicyclic) bond motifs is 1. The zero-order chi connectivity index (χ0) is 12.5. The predicted octanol–water partition coefficient (Wildman–Crippen LogP) is 2.15. The highest BCUT2D eigenvalue weighted by Crippen LogP contribution is 2.26. The summed E-state index contributed by atoms with van der Waals surface area (Å²) in [4.78, 5) is 4.24. The molecular formula is C12H12ClFN2O2. The molecule has 18 heavy (non-hydrogen) atoms. The summed E-state index contributed by atoms with van der Waals surface area (Å²) >= 11 is 5.90. The number of morpholine rings is 1. The van der Waals surface area contributed by atoms with Gasteiger partial charge in [0.15, 0.2) is 11.5 Å². The van der Waals surface area contributed by atoms with Crippen molar-refractivity contribution in [3.05, 3.63) is 28.9 Å². The van der Waals surface area contributed by atoms with Gasteiger partial charge in [0.05, 0.1) is 18.2 Å². The molecule has 2 aromatic rings. The fourth-order valence-corrected chi connectivity index (χ4v) is 2.29. The molecule has 3 rings (SSSR count). The van der Waals surface area contributed by atoms with Crippen molar-refractivity contribution in [2.45, 2.75) is 12.5 Å². The van der Waals surface area contributed by atoms with Crippen molar-refractivity contribution in [2.24, 2.45) is 0 Å². The molecule has 4 nitrogen and oxygen atoms in total. The maximum absolute atomic E-state index is 13.2. The number of benzene rings is 1. The first-order valence-electron chi connectivity index (χ1n) is 5.78. The second-order valence-electron chi connectivity index (χ2n) is 4.27. The summed E-state index contributed by atoms with van der Waals surface area (Å²) in [6.45, 7) is 2.17. The molecule has 1 aliphatic rings. The minimum atomic E-state index is -0.411. The monoisotopic (exact) mass is 270 g/mol. The van der Waals surface area contributed by atoms with Gasteiger partial charge in [-0.25, -0.2) is 9.37 Å². The lowest BCUT2D eigenvalue weighted by Crippen LogP contribution is -2.42. The van der Waals surface area contributed by atoms with Gasteiger partial charge in [0.2, 0.25) is 0 Å². The standard InChI is InChI=1S/C12H12ClFN2O2/c13-9-3-7(14)4-10-12(9)18-11(16-10)5-8-6-17-2-1-15-8/h3-4,8,15H,1-2,5-6H2. The van der Waals surface area contributed by atoms with Crippen LogP contribution in [0.4, 0.5) is 4.39 Å². The van der Waals surface area contributed by atoms with E-state index in [-0.39, 0.29) is 11.1 Å². The molecule has 1 N–H and O–H groups in total. The molecule has 6 heteroatoms. The van der Waals surface area contributed by atoms with Gasteiger partial charge in [-0.05, 0) is 6.07 Å². The van der Waals surface area contributed by atoms with E-state index in [0.29, 0.717) is 30.0 Å². The van der Waals surface area contributed by atoms with Gasteiger partial charge in [-0.2, -0.15) is 0 Å². The van der Waals surface area contributed by atoms with Crippen molar-refractivity contribution in [3.8, 4) is 0 Å². The van der Waals surface area contributed by atoms with Crippen LogP contribution in [0.1, 0.15) is 5.89 Å². The number of nitrogens with one attached hydrogen (secondary N) is 1. The van der Waals surface area contributed by atoms with Gasteiger partial charge < -0.3 is 14.5 Å². The van der Waals surface area contributed by atoms with Crippen LogP contribution in [0.25, 0.3) is 11.1 Å². The van der Waals surface area contributed by atoms with Crippen LogP contribution in [-0.2, 0) is 11.2 Å². The van der Waals surface area contributed by atoms with Crippen LogP contribution in [-0.4, -0.2) is 30.8 Å². The van der Waals surface area contributed by atoms with Gasteiger partial charge in [-0.3, -0.25) is 0 Å². The Balaban J connectivity index is 1.86. The third kappa shape index (κ3) is 2.34. The van der Waals surface area contributed by atoms with E-state index in [1.54, 1.807) is 0 Å². The van der Waals surface area contributed by atoms with E-state index < -0.39 is 5.82 Å². The van der Waals surface area contributed by atoms with Crippen molar-refractivity contribution in [2.75, 3.05) is 19.8 Å². The van der Waals surface area contributed by atoms with Crippen LogP contribution in [0.2, 0.25) is 5.02 Å². The van der Waals surface area contributed by atoms with E-state index in [0.717, 1.165) is 13.2 Å². The summed E-state index contributed by atoms with van der Waals surface area (Å²) in [7, 11) is 0. The van der Waals surface area contributed by atoms with Crippen LogP contribution in [0.3, 0.4) is 0 Å². The largest absolute Gasteiger partial charge is 0.439 e. The maximum Gasteiger partial charge on any atom is 0.197 e. The minimum absolute atomic E-state index is 0.176. The molecule has 0 spiro atoms. The summed E-state index contributed by atoms with van der Waals surface area (Å²) < 4.78 is 24.1. The normalized spacial score (nSPS) is 20.4. The Bertz CT molecular complexity index is 566. The number of ether oxygens (including phenoxy) is 1. The lowest BCUT2D eigenvalue weighted by Gasteiger charge is -2.22. The van der Waals surface area contributed by atoms with Gasteiger partial charge in [-0.15, -0.1) is 0 Å². The van der Waals surface area contributed by atoms with Gasteiger partial charge in [0.1, 0.15) is 11.3 Å². The SMILES string of the molecule is Fc1cc(Cl)c2oc(CC3COCCN3)nc2c1. The first-order chi connectivity index (χ1) is 8.72. The lowest BCUT2D eigenvalue weighted by atomic mass is 10.2. The molecule has 96 valence electrons. The maximum atomic E-state index is 13.2. The van der Waals surface area contributed by atoms with E-state index in [1.165, 1.54) is 12.1 Å². The summed E-state index contributed by atoms with van der Waals surface area (Å²) in [5, 5.41) is 3.55. The average Bonchev–Trinajstić information content (AvgIpc) is 2.73. The average molecular weight is 271 g/mol. The number of rotatable bonds is 2. The third-order valence-electron chi connectivity index (χ3n) is 2.87. The van der Waals surface area contributed by atoms with Crippen molar-refractivity contribution >= 4 is 22.7 Å². The highest BCUT2D eigenvalue weighted by Gasteiger charge is 2.18. The molecular weight excluding hydrogens is 259 g/mol. The van der Waals surface area contributed by atoms with Crippen molar-refractivity contribution in [3.63, 3.8) is 0 Å². The Morgan fingerprint density at radius 2 is 2.39 bits per heavy atom. The van der Waals surface area contributed by atoms with E-state index in [4.69, 9.17) is 20.8 Å². The molecule has 1 unspecified atom stereocenters.